The molecular weight excluding hydrogens is 741 g/mol. The van der Waals surface area contributed by atoms with Crippen molar-refractivity contribution in [2.45, 2.75) is 5.41 Å². The van der Waals surface area contributed by atoms with E-state index in [1.165, 1.54) is 27.8 Å². The molecule has 11 aromatic rings. The van der Waals surface area contributed by atoms with Gasteiger partial charge in [-0.3, -0.25) is 0 Å². The average Bonchev–Trinajstić information content (AvgIpc) is 4.01. The standard InChI is InChI=1S/C53H32N4OS/c1-4-17-33(18-5-1)49-55-50(37-24-14-28-41-46(37)36-23-10-11-27-40(36)53(41,34-19-6-2-7-20-34)35-21-8-3-9-22-35)57-51(56-49)38-25-15-31-44-47(38)48-39(26-16-32-45(48)59-44)52-54-42-29-12-13-30-43(42)58-52/h1-32H. The van der Waals surface area contributed by atoms with Gasteiger partial charge in [-0.1, -0.05) is 164 Å². The predicted octanol–water partition coefficient (Wildman–Crippen LogP) is 13.4. The summed E-state index contributed by atoms with van der Waals surface area (Å²) < 4.78 is 8.66. The number of para-hydroxylation sites is 2. The average molecular weight is 773 g/mol. The van der Waals surface area contributed by atoms with Crippen molar-refractivity contribution in [3.8, 4) is 56.7 Å². The molecule has 0 radical (unpaired) electrons. The molecular formula is C53H32N4OS. The number of oxazole rings is 1. The quantitative estimate of drug-likeness (QED) is 0.168. The maximum atomic E-state index is 6.38. The highest BCUT2D eigenvalue weighted by molar-refractivity contribution is 7.26. The fourth-order valence-electron chi connectivity index (χ4n) is 9.23. The van der Waals surface area contributed by atoms with Crippen LogP contribution in [0.5, 0.6) is 0 Å². The first-order chi connectivity index (χ1) is 29.3. The lowest BCUT2D eigenvalue weighted by Crippen LogP contribution is -2.28. The van der Waals surface area contributed by atoms with Gasteiger partial charge in [0.05, 0.1) is 5.41 Å². The van der Waals surface area contributed by atoms with E-state index in [1.54, 1.807) is 11.3 Å². The summed E-state index contributed by atoms with van der Waals surface area (Å²) in [5.41, 5.74) is 11.9. The Kier molecular flexibility index (Phi) is 7.55. The lowest BCUT2D eigenvalue weighted by molar-refractivity contribution is 0.620. The van der Waals surface area contributed by atoms with E-state index < -0.39 is 5.41 Å². The van der Waals surface area contributed by atoms with Gasteiger partial charge < -0.3 is 4.42 Å². The van der Waals surface area contributed by atoms with Crippen molar-refractivity contribution >= 4 is 42.6 Å². The molecule has 12 rings (SSSR count). The predicted molar refractivity (Wildman–Crippen MR) is 239 cm³/mol. The number of nitrogens with zero attached hydrogens (tertiary/aromatic N) is 4. The van der Waals surface area contributed by atoms with Gasteiger partial charge in [-0.15, -0.1) is 11.3 Å². The van der Waals surface area contributed by atoms with Crippen LogP contribution in [0.15, 0.2) is 199 Å². The van der Waals surface area contributed by atoms with E-state index in [9.17, 15) is 0 Å². The highest BCUT2D eigenvalue weighted by Crippen LogP contribution is 2.58. The molecule has 276 valence electrons. The van der Waals surface area contributed by atoms with Gasteiger partial charge in [0.15, 0.2) is 23.1 Å². The first kappa shape index (κ1) is 33.6. The minimum atomic E-state index is -0.551. The second kappa shape index (κ2) is 13.3. The van der Waals surface area contributed by atoms with Gasteiger partial charge in [-0.25, -0.2) is 19.9 Å². The molecule has 0 amide bonds. The topological polar surface area (TPSA) is 64.7 Å². The van der Waals surface area contributed by atoms with Crippen LogP contribution in [0.2, 0.25) is 0 Å². The van der Waals surface area contributed by atoms with Crippen molar-refractivity contribution in [2.24, 2.45) is 0 Å². The Morgan fingerprint density at radius 2 is 0.915 bits per heavy atom. The highest BCUT2D eigenvalue weighted by atomic mass is 32.1. The van der Waals surface area contributed by atoms with E-state index in [2.05, 4.69) is 152 Å². The monoisotopic (exact) mass is 772 g/mol. The van der Waals surface area contributed by atoms with Crippen molar-refractivity contribution in [1.82, 2.24) is 19.9 Å². The lowest BCUT2D eigenvalue weighted by Gasteiger charge is -2.33. The number of benzene rings is 8. The Bertz CT molecular complexity index is 3320. The Balaban J connectivity index is 1.14. The van der Waals surface area contributed by atoms with Crippen molar-refractivity contribution < 1.29 is 4.42 Å². The second-order valence-corrected chi connectivity index (χ2v) is 16.0. The fraction of sp³-hybridized carbons (Fsp3) is 0.0189. The maximum Gasteiger partial charge on any atom is 0.227 e. The van der Waals surface area contributed by atoms with Gasteiger partial charge in [0, 0.05) is 42.4 Å². The minimum absolute atomic E-state index is 0.551. The largest absolute Gasteiger partial charge is 0.436 e. The number of hydrogen-bond acceptors (Lipinski definition) is 6. The van der Waals surface area contributed by atoms with E-state index in [-0.39, 0.29) is 0 Å². The van der Waals surface area contributed by atoms with Gasteiger partial charge in [0.1, 0.15) is 5.52 Å². The van der Waals surface area contributed by atoms with Gasteiger partial charge in [-0.05, 0) is 63.7 Å². The summed E-state index contributed by atoms with van der Waals surface area (Å²) in [6.07, 6.45) is 0. The maximum absolute atomic E-state index is 6.38. The van der Waals surface area contributed by atoms with Gasteiger partial charge in [0.25, 0.3) is 0 Å². The molecule has 0 fully saturated rings. The molecule has 0 aliphatic heterocycles. The van der Waals surface area contributed by atoms with Crippen LogP contribution in [0.3, 0.4) is 0 Å². The normalized spacial score (nSPS) is 12.9. The molecule has 8 aromatic carbocycles. The lowest BCUT2D eigenvalue weighted by atomic mass is 9.67. The summed E-state index contributed by atoms with van der Waals surface area (Å²) in [6.45, 7) is 0. The highest BCUT2D eigenvalue weighted by Gasteiger charge is 2.47. The molecule has 6 heteroatoms. The molecule has 59 heavy (non-hydrogen) atoms. The van der Waals surface area contributed by atoms with Gasteiger partial charge in [0.2, 0.25) is 5.89 Å². The summed E-state index contributed by atoms with van der Waals surface area (Å²) in [7, 11) is 0. The molecule has 1 aliphatic rings. The number of fused-ring (bicyclic) bond motifs is 7. The SMILES string of the molecule is c1ccc(-c2nc(-c3cccc4c3-c3ccccc3C4(c3ccccc3)c3ccccc3)nc(-c3cccc4sc5cccc(-c6nc7ccccc7o6)c5c34)n2)cc1. The van der Waals surface area contributed by atoms with Crippen molar-refractivity contribution in [2.75, 3.05) is 0 Å². The van der Waals surface area contributed by atoms with Gasteiger partial charge in [-0.2, -0.15) is 0 Å². The summed E-state index contributed by atoms with van der Waals surface area (Å²) >= 11 is 1.75. The van der Waals surface area contributed by atoms with Crippen molar-refractivity contribution in [3.05, 3.63) is 216 Å². The van der Waals surface area contributed by atoms with E-state index >= 15 is 0 Å². The van der Waals surface area contributed by atoms with E-state index in [4.69, 9.17) is 24.4 Å². The van der Waals surface area contributed by atoms with E-state index in [0.717, 1.165) is 59.1 Å². The fourth-order valence-corrected chi connectivity index (χ4v) is 10.4. The Labute approximate surface area is 344 Å². The number of hydrogen-bond donors (Lipinski definition) is 0. The molecule has 3 aromatic heterocycles. The van der Waals surface area contributed by atoms with E-state index in [0.29, 0.717) is 23.4 Å². The molecule has 0 atom stereocenters. The number of aromatic nitrogens is 4. The van der Waals surface area contributed by atoms with Crippen LogP contribution in [-0.2, 0) is 5.41 Å². The molecule has 0 bridgehead atoms. The Hall–Kier alpha value is -7.54. The zero-order chi connectivity index (χ0) is 38.9. The van der Waals surface area contributed by atoms with Crippen molar-refractivity contribution in [3.63, 3.8) is 0 Å². The van der Waals surface area contributed by atoms with Crippen LogP contribution in [-0.4, -0.2) is 19.9 Å². The molecule has 0 N–H and O–H groups in total. The third kappa shape index (κ3) is 5.10. The van der Waals surface area contributed by atoms with Gasteiger partial charge >= 0.3 is 0 Å². The molecule has 0 saturated carbocycles. The summed E-state index contributed by atoms with van der Waals surface area (Å²) in [5, 5.41) is 2.14. The molecule has 0 saturated heterocycles. The number of thiophene rings is 1. The molecule has 0 spiro atoms. The molecule has 5 nitrogen and oxygen atoms in total. The first-order valence-electron chi connectivity index (χ1n) is 19.7. The first-order valence-corrected chi connectivity index (χ1v) is 20.5. The van der Waals surface area contributed by atoms with Crippen LogP contribution in [0.25, 0.3) is 88.0 Å². The smallest absolute Gasteiger partial charge is 0.227 e. The minimum Gasteiger partial charge on any atom is -0.436 e. The van der Waals surface area contributed by atoms with Crippen LogP contribution in [0, 0.1) is 0 Å². The van der Waals surface area contributed by atoms with Crippen LogP contribution in [0.1, 0.15) is 22.3 Å². The third-order valence-electron chi connectivity index (χ3n) is 11.7. The zero-order valence-corrected chi connectivity index (χ0v) is 32.4. The van der Waals surface area contributed by atoms with Crippen LogP contribution >= 0.6 is 11.3 Å². The van der Waals surface area contributed by atoms with Crippen LogP contribution in [0.4, 0.5) is 0 Å². The summed E-state index contributed by atoms with van der Waals surface area (Å²) in [5.74, 6) is 2.43. The molecule has 0 unspecified atom stereocenters. The van der Waals surface area contributed by atoms with E-state index in [1.807, 2.05) is 42.5 Å². The third-order valence-corrected chi connectivity index (χ3v) is 12.8. The Morgan fingerprint density at radius 3 is 1.64 bits per heavy atom. The zero-order valence-electron chi connectivity index (χ0n) is 31.6. The van der Waals surface area contributed by atoms with Crippen molar-refractivity contribution in [1.29, 1.82) is 0 Å². The molecule has 3 heterocycles. The van der Waals surface area contributed by atoms with Crippen LogP contribution < -0.4 is 0 Å². The Morgan fingerprint density at radius 1 is 0.390 bits per heavy atom. The molecule has 1 aliphatic carbocycles. The second-order valence-electron chi connectivity index (χ2n) is 14.9. The summed E-state index contributed by atoms with van der Waals surface area (Å²) in [6, 6.07) is 68.0. The summed E-state index contributed by atoms with van der Waals surface area (Å²) in [4.78, 5) is 21.0. The number of rotatable bonds is 6.